The molecule has 3 unspecified atom stereocenters. The lowest BCUT2D eigenvalue weighted by Gasteiger charge is -2.37. The number of nitrogens with zero attached hydrogens (tertiary/aromatic N) is 1. The number of piperidine rings is 3. The Morgan fingerprint density at radius 2 is 1.94 bits per heavy atom. The van der Waals surface area contributed by atoms with Crippen LogP contribution in [0.3, 0.4) is 0 Å². The van der Waals surface area contributed by atoms with Gasteiger partial charge >= 0.3 is 0 Å². The van der Waals surface area contributed by atoms with Crippen molar-refractivity contribution in [3.8, 4) is 0 Å². The number of carbonyl (C=O) groups is 2. The van der Waals surface area contributed by atoms with E-state index in [1.807, 2.05) is 13.1 Å². The van der Waals surface area contributed by atoms with Crippen LogP contribution in [0.15, 0.2) is 18.2 Å². The number of amides is 2. The van der Waals surface area contributed by atoms with E-state index in [1.165, 1.54) is 37.8 Å². The van der Waals surface area contributed by atoms with E-state index in [1.54, 1.807) is 0 Å². The summed E-state index contributed by atoms with van der Waals surface area (Å²) in [6, 6.07) is 6.79. The van der Waals surface area contributed by atoms with E-state index in [0.717, 1.165) is 42.7 Å². The quantitative estimate of drug-likeness (QED) is 0.403. The Labute approximate surface area is 191 Å². The normalized spacial score (nSPS) is 27.2. The number of nitrogens with one attached hydrogen (secondary N) is 4. The van der Waals surface area contributed by atoms with Gasteiger partial charge in [-0.15, -0.1) is 0 Å². The number of rotatable bonds is 6. The van der Waals surface area contributed by atoms with Gasteiger partial charge in [-0.25, -0.2) is 0 Å². The molecule has 7 nitrogen and oxygen atoms in total. The zero-order valence-corrected chi connectivity index (χ0v) is 19.4. The van der Waals surface area contributed by atoms with Crippen molar-refractivity contribution in [2.45, 2.75) is 57.9 Å². The lowest BCUT2D eigenvalue weighted by molar-refractivity contribution is -0.134. The molecule has 3 saturated heterocycles. The third kappa shape index (κ3) is 5.14. The van der Waals surface area contributed by atoms with Crippen LogP contribution >= 0.6 is 0 Å². The molecule has 0 aromatic heterocycles. The maximum atomic E-state index is 12.2. The molecule has 3 atom stereocenters. The zero-order chi connectivity index (χ0) is 22.7. The smallest absolute Gasteiger partial charge is 0.235 e. The molecule has 1 aromatic rings. The number of hydrogen-bond acceptors (Lipinski definition) is 6. The standard InChI is InChI=1S/C25H37N5O2/c1-16-13-18(7-10-28-16)14-17-8-11-30(12-9-17)19-3-4-20(22(15-19)27-2)24(26)21-5-6-23(31)29-25(21)32/h3-4,15-18,21,26-28H,5-14H2,1-2H3,(H,29,31,32). The van der Waals surface area contributed by atoms with Gasteiger partial charge in [-0.3, -0.25) is 14.9 Å². The van der Waals surface area contributed by atoms with Crippen LogP contribution in [0.25, 0.3) is 0 Å². The first-order valence-electron chi connectivity index (χ1n) is 12.2. The van der Waals surface area contributed by atoms with Crippen molar-refractivity contribution in [1.29, 1.82) is 5.41 Å². The highest BCUT2D eigenvalue weighted by Gasteiger charge is 2.32. The highest BCUT2D eigenvalue weighted by molar-refractivity contribution is 6.17. The lowest BCUT2D eigenvalue weighted by atomic mass is 9.81. The summed E-state index contributed by atoms with van der Waals surface area (Å²) in [4.78, 5) is 26.1. The van der Waals surface area contributed by atoms with Crippen LogP contribution in [-0.4, -0.2) is 50.2 Å². The van der Waals surface area contributed by atoms with Crippen LogP contribution in [0.2, 0.25) is 0 Å². The second-order valence-electron chi connectivity index (χ2n) is 9.81. The molecule has 0 spiro atoms. The van der Waals surface area contributed by atoms with Crippen LogP contribution in [0.1, 0.15) is 57.4 Å². The Hall–Kier alpha value is -2.41. The van der Waals surface area contributed by atoms with Crippen LogP contribution in [0, 0.1) is 23.2 Å². The molecule has 7 heteroatoms. The topological polar surface area (TPSA) is 97.3 Å². The van der Waals surface area contributed by atoms with Crippen LogP contribution in [0.4, 0.5) is 11.4 Å². The number of anilines is 2. The van der Waals surface area contributed by atoms with Gasteiger partial charge in [0.25, 0.3) is 0 Å². The van der Waals surface area contributed by atoms with Crippen molar-refractivity contribution in [2.75, 3.05) is 36.9 Å². The molecule has 0 radical (unpaired) electrons. The second kappa shape index (κ2) is 10.0. The van der Waals surface area contributed by atoms with Gasteiger partial charge in [-0.2, -0.15) is 0 Å². The number of carbonyl (C=O) groups excluding carboxylic acids is 2. The van der Waals surface area contributed by atoms with E-state index >= 15 is 0 Å². The van der Waals surface area contributed by atoms with Gasteiger partial charge in [0.1, 0.15) is 0 Å². The third-order valence-electron chi connectivity index (χ3n) is 7.53. The summed E-state index contributed by atoms with van der Waals surface area (Å²) >= 11 is 0. The third-order valence-corrected chi connectivity index (χ3v) is 7.53. The molecule has 3 aliphatic heterocycles. The number of hydrogen-bond donors (Lipinski definition) is 4. The Bertz CT molecular complexity index is 862. The fourth-order valence-corrected chi connectivity index (χ4v) is 5.67. The van der Waals surface area contributed by atoms with Crippen molar-refractivity contribution >= 4 is 28.9 Å². The minimum atomic E-state index is -0.570. The maximum absolute atomic E-state index is 12.2. The summed E-state index contributed by atoms with van der Waals surface area (Å²) in [5, 5.41) is 17.8. The van der Waals surface area contributed by atoms with Gasteiger partial charge in [-0.05, 0) is 82.0 Å². The largest absolute Gasteiger partial charge is 0.388 e. The molecule has 32 heavy (non-hydrogen) atoms. The molecular weight excluding hydrogens is 402 g/mol. The molecule has 3 fully saturated rings. The van der Waals surface area contributed by atoms with E-state index in [9.17, 15) is 9.59 Å². The first-order chi connectivity index (χ1) is 15.4. The predicted molar refractivity (Wildman–Crippen MR) is 128 cm³/mol. The highest BCUT2D eigenvalue weighted by atomic mass is 16.2. The first-order valence-corrected chi connectivity index (χ1v) is 12.2. The summed E-state index contributed by atoms with van der Waals surface area (Å²) in [6.07, 6.45) is 7.16. The summed E-state index contributed by atoms with van der Waals surface area (Å²) < 4.78 is 0. The molecule has 0 saturated carbocycles. The molecule has 0 bridgehead atoms. The Balaban J connectivity index is 1.37. The average molecular weight is 440 g/mol. The molecule has 3 heterocycles. The zero-order valence-electron chi connectivity index (χ0n) is 19.4. The minimum absolute atomic E-state index is 0.249. The van der Waals surface area contributed by atoms with Gasteiger partial charge < -0.3 is 20.9 Å². The van der Waals surface area contributed by atoms with Gasteiger partial charge in [0, 0.05) is 49.5 Å². The van der Waals surface area contributed by atoms with Crippen LogP contribution in [0.5, 0.6) is 0 Å². The predicted octanol–water partition coefficient (Wildman–Crippen LogP) is 3.14. The van der Waals surface area contributed by atoms with Crippen molar-refractivity contribution in [3.63, 3.8) is 0 Å². The maximum Gasteiger partial charge on any atom is 0.235 e. The molecular formula is C25H37N5O2. The van der Waals surface area contributed by atoms with E-state index in [0.29, 0.717) is 12.5 Å². The summed E-state index contributed by atoms with van der Waals surface area (Å²) in [6.45, 7) is 5.60. The highest BCUT2D eigenvalue weighted by Crippen LogP contribution is 2.33. The summed E-state index contributed by atoms with van der Waals surface area (Å²) in [5.74, 6) is 0.518. The molecule has 0 aliphatic carbocycles. The SMILES string of the molecule is CNc1cc(N2CCC(CC3CCNC(C)C3)CC2)ccc1C(=N)C1CCC(=O)NC1=O. The average Bonchev–Trinajstić information content (AvgIpc) is 2.79. The van der Waals surface area contributed by atoms with Crippen molar-refractivity contribution in [2.24, 2.45) is 17.8 Å². The Morgan fingerprint density at radius 3 is 2.62 bits per heavy atom. The molecule has 4 N–H and O–H groups in total. The Kier molecular flexibility index (Phi) is 7.13. The fourth-order valence-electron chi connectivity index (χ4n) is 5.67. The van der Waals surface area contributed by atoms with E-state index in [4.69, 9.17) is 5.41 Å². The Morgan fingerprint density at radius 1 is 1.16 bits per heavy atom. The van der Waals surface area contributed by atoms with Gasteiger partial charge in [0.05, 0.1) is 11.6 Å². The van der Waals surface area contributed by atoms with Crippen molar-refractivity contribution < 1.29 is 9.59 Å². The lowest BCUT2D eigenvalue weighted by Crippen LogP contribution is -2.44. The van der Waals surface area contributed by atoms with Crippen molar-refractivity contribution in [3.05, 3.63) is 23.8 Å². The summed E-state index contributed by atoms with van der Waals surface area (Å²) in [7, 11) is 1.85. The molecule has 3 aliphatic rings. The number of imide groups is 1. The first kappa shape index (κ1) is 22.8. The van der Waals surface area contributed by atoms with Gasteiger partial charge in [-0.1, -0.05) is 0 Å². The molecule has 1 aromatic carbocycles. The van der Waals surface area contributed by atoms with Crippen LogP contribution < -0.4 is 20.9 Å². The fraction of sp³-hybridized carbons (Fsp3) is 0.640. The van der Waals surface area contributed by atoms with Crippen LogP contribution in [-0.2, 0) is 9.59 Å². The second-order valence-corrected chi connectivity index (χ2v) is 9.81. The van der Waals surface area contributed by atoms with Gasteiger partial charge in [0.2, 0.25) is 11.8 Å². The monoisotopic (exact) mass is 439 g/mol. The van der Waals surface area contributed by atoms with E-state index in [-0.39, 0.29) is 23.9 Å². The molecule has 2 amide bonds. The molecule has 174 valence electrons. The molecule has 4 rings (SSSR count). The minimum Gasteiger partial charge on any atom is -0.388 e. The summed E-state index contributed by atoms with van der Waals surface area (Å²) in [5.41, 5.74) is 3.05. The van der Waals surface area contributed by atoms with E-state index < -0.39 is 5.92 Å². The van der Waals surface area contributed by atoms with Crippen molar-refractivity contribution in [1.82, 2.24) is 10.6 Å². The number of benzene rings is 1. The van der Waals surface area contributed by atoms with E-state index in [2.05, 4.69) is 39.9 Å². The van der Waals surface area contributed by atoms with Gasteiger partial charge in [0.15, 0.2) is 0 Å².